The number of halogens is 4. The number of alkyl halides is 4. The highest BCUT2D eigenvalue weighted by atomic mass is 19.4. The fourth-order valence-corrected chi connectivity index (χ4v) is 6.12. The van der Waals surface area contributed by atoms with Crippen molar-refractivity contribution in [1.82, 2.24) is 9.97 Å². The monoisotopic (exact) mass is 694 g/mol. The lowest BCUT2D eigenvalue weighted by Crippen LogP contribution is -2.25. The van der Waals surface area contributed by atoms with Crippen LogP contribution in [0.25, 0.3) is 11.1 Å². The van der Waals surface area contributed by atoms with Crippen LogP contribution in [-0.2, 0) is 30.7 Å². The number of aliphatic carboxylic acids is 1. The molecule has 0 amide bonds. The summed E-state index contributed by atoms with van der Waals surface area (Å²) in [5.41, 5.74) is 4.05. The van der Waals surface area contributed by atoms with Gasteiger partial charge < -0.3 is 24.4 Å². The van der Waals surface area contributed by atoms with E-state index in [9.17, 15) is 22.4 Å². The highest BCUT2D eigenvalue weighted by Gasteiger charge is 2.31. The van der Waals surface area contributed by atoms with Crippen molar-refractivity contribution in [3.63, 3.8) is 0 Å². The van der Waals surface area contributed by atoms with Gasteiger partial charge in [-0.25, -0.2) is 14.4 Å². The highest BCUT2D eigenvalue weighted by molar-refractivity contribution is 5.77. The Morgan fingerprint density at radius 2 is 1.68 bits per heavy atom. The maximum atomic E-state index is 13.9. The molecule has 1 aromatic heterocycles. The van der Waals surface area contributed by atoms with Crippen molar-refractivity contribution in [2.24, 2.45) is 0 Å². The Labute approximate surface area is 289 Å². The van der Waals surface area contributed by atoms with Crippen LogP contribution in [0.3, 0.4) is 0 Å². The van der Waals surface area contributed by atoms with E-state index >= 15 is 0 Å². The molecule has 0 atom stereocenters. The van der Waals surface area contributed by atoms with Gasteiger partial charge in [-0.3, -0.25) is 4.79 Å². The van der Waals surface area contributed by atoms with Gasteiger partial charge in [-0.1, -0.05) is 32.0 Å². The van der Waals surface area contributed by atoms with Gasteiger partial charge in [0.05, 0.1) is 31.7 Å². The van der Waals surface area contributed by atoms with Gasteiger partial charge >= 0.3 is 12.1 Å². The van der Waals surface area contributed by atoms with Crippen molar-refractivity contribution in [1.29, 1.82) is 0 Å². The molecule has 50 heavy (non-hydrogen) atoms. The van der Waals surface area contributed by atoms with Crippen LogP contribution in [0.4, 0.5) is 29.2 Å². The number of aromatic nitrogens is 2. The van der Waals surface area contributed by atoms with E-state index in [0.717, 1.165) is 66.0 Å². The van der Waals surface area contributed by atoms with Crippen molar-refractivity contribution < 1.29 is 36.9 Å². The zero-order chi connectivity index (χ0) is 35.8. The van der Waals surface area contributed by atoms with E-state index in [4.69, 9.17) is 14.6 Å². The van der Waals surface area contributed by atoms with Gasteiger partial charge in [-0.15, -0.1) is 0 Å². The summed E-state index contributed by atoms with van der Waals surface area (Å²) >= 11 is 0. The van der Waals surface area contributed by atoms with E-state index < -0.39 is 24.4 Å². The van der Waals surface area contributed by atoms with Crippen LogP contribution in [0.5, 0.6) is 11.5 Å². The number of anilines is 2. The molecule has 0 radical (unpaired) electrons. The van der Waals surface area contributed by atoms with Crippen LogP contribution in [0.1, 0.15) is 73.3 Å². The number of ether oxygens (including phenoxy) is 2. The van der Waals surface area contributed by atoms with Crippen LogP contribution in [0.2, 0.25) is 0 Å². The van der Waals surface area contributed by atoms with Crippen LogP contribution in [-0.4, -0.2) is 47.8 Å². The molecule has 0 saturated carbocycles. The van der Waals surface area contributed by atoms with E-state index in [1.807, 2.05) is 12.1 Å². The molecule has 1 aliphatic rings. The molecule has 2 heterocycles. The number of hydrogen-bond donors (Lipinski definition) is 1. The number of hydrogen-bond acceptors (Lipinski definition) is 7. The highest BCUT2D eigenvalue weighted by Crippen LogP contribution is 2.38. The lowest BCUT2D eigenvalue weighted by atomic mass is 9.93. The van der Waals surface area contributed by atoms with Crippen molar-refractivity contribution >= 4 is 17.6 Å². The third-order valence-electron chi connectivity index (χ3n) is 8.71. The van der Waals surface area contributed by atoms with E-state index in [1.54, 1.807) is 12.0 Å². The van der Waals surface area contributed by atoms with E-state index in [1.165, 1.54) is 18.5 Å². The average molecular weight is 695 g/mol. The maximum Gasteiger partial charge on any atom is 0.416 e. The SMILES string of the molecule is COc1ccc(C(C)C)cc1-c1ccc(N2CCCC2)cc1CN(Cc1cc(CF)cc(C(F)(F)F)c1)c1ncc(OCCCC(=O)O)cn1. The minimum atomic E-state index is -4.66. The Morgan fingerprint density at radius 3 is 2.32 bits per heavy atom. The molecule has 0 aliphatic carbocycles. The molecule has 1 N–H and O–H groups in total. The van der Waals surface area contributed by atoms with Gasteiger partial charge in [-0.05, 0) is 89.4 Å². The number of carbonyl (C=O) groups is 1. The maximum absolute atomic E-state index is 13.9. The third-order valence-corrected chi connectivity index (χ3v) is 8.71. The topological polar surface area (TPSA) is 88.0 Å². The molecule has 0 bridgehead atoms. The number of methoxy groups -OCH3 is 1. The summed E-state index contributed by atoms with van der Waals surface area (Å²) < 4.78 is 66.9. The van der Waals surface area contributed by atoms with Crippen LogP contribution >= 0.6 is 0 Å². The number of benzene rings is 3. The Hall–Kier alpha value is -4.87. The second-order valence-corrected chi connectivity index (χ2v) is 12.7. The Bertz CT molecular complexity index is 1760. The normalized spacial score (nSPS) is 13.2. The molecular weight excluding hydrogens is 652 g/mol. The summed E-state index contributed by atoms with van der Waals surface area (Å²) in [4.78, 5) is 24.0. The zero-order valence-corrected chi connectivity index (χ0v) is 28.5. The molecule has 0 unspecified atom stereocenters. The number of nitrogens with zero attached hydrogens (tertiary/aromatic N) is 4. The van der Waals surface area contributed by atoms with Crippen LogP contribution < -0.4 is 19.3 Å². The van der Waals surface area contributed by atoms with Crippen molar-refractivity contribution in [3.8, 4) is 22.6 Å². The predicted molar refractivity (Wildman–Crippen MR) is 185 cm³/mol. The molecule has 1 fully saturated rings. The largest absolute Gasteiger partial charge is 0.496 e. The standard InChI is InChI=1S/C38H42F4N4O4/c1-25(2)28-8-11-35(49-3)34(19-28)33-10-9-31(45-12-4-5-13-45)18-29(33)24-46(23-27-15-26(20-39)16-30(17-27)38(40,41)42)37-43-21-32(22-44-37)50-14-6-7-36(47)48/h8-11,15-19,21-22,25H,4-7,12-14,20,23-24H2,1-3H3,(H,47,48). The summed E-state index contributed by atoms with van der Waals surface area (Å²) in [7, 11) is 1.62. The molecule has 4 aromatic rings. The number of rotatable bonds is 15. The lowest BCUT2D eigenvalue weighted by Gasteiger charge is -2.27. The van der Waals surface area contributed by atoms with Crippen molar-refractivity contribution in [2.45, 2.75) is 71.4 Å². The van der Waals surface area contributed by atoms with Gasteiger partial charge in [-0.2, -0.15) is 13.2 Å². The van der Waals surface area contributed by atoms with Gasteiger partial charge in [0.25, 0.3) is 0 Å². The average Bonchev–Trinajstić information content (AvgIpc) is 3.65. The van der Waals surface area contributed by atoms with Crippen LogP contribution in [0, 0.1) is 0 Å². The summed E-state index contributed by atoms with van der Waals surface area (Å²) in [6.07, 6.45) is 0.659. The van der Waals surface area contributed by atoms with Crippen molar-refractivity contribution in [2.75, 3.05) is 36.6 Å². The second kappa shape index (κ2) is 16.2. The molecule has 266 valence electrons. The van der Waals surface area contributed by atoms with E-state index in [2.05, 4.69) is 53.0 Å². The zero-order valence-electron chi connectivity index (χ0n) is 28.5. The molecule has 12 heteroatoms. The molecule has 3 aromatic carbocycles. The van der Waals surface area contributed by atoms with Gasteiger partial charge in [0, 0.05) is 43.9 Å². The fraction of sp³-hybridized carbons (Fsp3) is 0.395. The van der Waals surface area contributed by atoms with E-state index in [0.29, 0.717) is 17.9 Å². The molecule has 0 spiro atoms. The number of carboxylic acids is 1. The van der Waals surface area contributed by atoms with Gasteiger partial charge in [0.2, 0.25) is 5.95 Å². The first-order valence-corrected chi connectivity index (χ1v) is 16.7. The van der Waals surface area contributed by atoms with Crippen molar-refractivity contribution in [3.05, 3.63) is 94.8 Å². The first-order chi connectivity index (χ1) is 23.9. The smallest absolute Gasteiger partial charge is 0.416 e. The molecule has 8 nitrogen and oxygen atoms in total. The molecular formula is C38H42F4N4O4. The minimum Gasteiger partial charge on any atom is -0.496 e. The van der Waals surface area contributed by atoms with Gasteiger partial charge in [0.1, 0.15) is 12.4 Å². The Kier molecular flexibility index (Phi) is 11.8. The third kappa shape index (κ3) is 9.22. The molecule has 1 aliphatic heterocycles. The first kappa shape index (κ1) is 36.4. The van der Waals surface area contributed by atoms with Gasteiger partial charge in [0.15, 0.2) is 5.75 Å². The summed E-state index contributed by atoms with van der Waals surface area (Å²) in [6, 6.07) is 15.6. The Balaban J connectivity index is 1.59. The summed E-state index contributed by atoms with van der Waals surface area (Å²) in [5, 5.41) is 8.90. The first-order valence-electron chi connectivity index (χ1n) is 16.7. The molecule has 1 saturated heterocycles. The van der Waals surface area contributed by atoms with E-state index in [-0.39, 0.29) is 49.1 Å². The molecule has 5 rings (SSSR count). The summed E-state index contributed by atoms with van der Waals surface area (Å²) in [5.74, 6) is 0.560. The Morgan fingerprint density at radius 1 is 0.960 bits per heavy atom. The summed E-state index contributed by atoms with van der Waals surface area (Å²) in [6.45, 7) is 5.32. The van der Waals surface area contributed by atoms with Crippen LogP contribution in [0.15, 0.2) is 67.0 Å². The lowest BCUT2D eigenvalue weighted by molar-refractivity contribution is -0.138. The fourth-order valence-electron chi connectivity index (χ4n) is 6.12. The number of carboxylic acid groups (broad SMARTS) is 1. The predicted octanol–water partition coefficient (Wildman–Crippen LogP) is 8.81. The minimum absolute atomic E-state index is 0.0474. The quantitative estimate of drug-likeness (QED) is 0.0976. The second-order valence-electron chi connectivity index (χ2n) is 12.7.